The Morgan fingerprint density at radius 2 is 2.42 bits per heavy atom. The summed E-state index contributed by atoms with van der Waals surface area (Å²) in [7, 11) is 0. The molecule has 1 N–H and O–H groups in total. The maximum atomic E-state index is 5.66. The van der Waals surface area contributed by atoms with Gasteiger partial charge in [-0.1, -0.05) is 0 Å². The van der Waals surface area contributed by atoms with E-state index in [2.05, 4.69) is 31.3 Å². The second-order valence-electron chi connectivity index (χ2n) is 3.18. The van der Waals surface area contributed by atoms with Crippen molar-refractivity contribution in [1.82, 2.24) is 5.32 Å². The Kier molecular flexibility index (Phi) is 2.17. The smallest absolute Gasteiger partial charge is 0.144 e. The van der Waals surface area contributed by atoms with Crippen LogP contribution in [0.4, 0.5) is 0 Å². The lowest BCUT2D eigenvalue weighted by atomic mass is 10.4. The van der Waals surface area contributed by atoms with Gasteiger partial charge in [0.15, 0.2) is 0 Å². The predicted octanol–water partition coefficient (Wildman–Crippen LogP) is 2.06. The van der Waals surface area contributed by atoms with Crippen LogP contribution in [0, 0.1) is 6.92 Å². The molecule has 0 radical (unpaired) electrons. The van der Waals surface area contributed by atoms with Crippen LogP contribution >= 0.6 is 11.3 Å². The number of hydrogen-bond donors (Lipinski definition) is 1. The van der Waals surface area contributed by atoms with Crippen LogP contribution < -0.4 is 5.32 Å². The van der Waals surface area contributed by atoms with E-state index in [0.717, 1.165) is 6.54 Å². The van der Waals surface area contributed by atoms with Gasteiger partial charge in [-0.25, -0.2) is 0 Å². The van der Waals surface area contributed by atoms with Crippen molar-refractivity contribution in [2.24, 2.45) is 0 Å². The molecule has 0 aliphatic carbocycles. The third-order valence-electron chi connectivity index (χ3n) is 1.98. The Morgan fingerprint density at radius 1 is 1.58 bits per heavy atom. The minimum atomic E-state index is 0.138. The van der Waals surface area contributed by atoms with E-state index in [9.17, 15) is 0 Å². The van der Waals surface area contributed by atoms with Gasteiger partial charge in [-0.15, -0.1) is 11.3 Å². The Morgan fingerprint density at radius 3 is 2.92 bits per heavy atom. The molecule has 2 nitrogen and oxygen atoms in total. The highest BCUT2D eigenvalue weighted by molar-refractivity contribution is 7.12. The lowest BCUT2D eigenvalue weighted by molar-refractivity contribution is 0.0533. The molecule has 0 aromatic carbocycles. The van der Waals surface area contributed by atoms with Gasteiger partial charge in [-0.3, -0.25) is 5.32 Å². The fourth-order valence-corrected chi connectivity index (χ4v) is 2.25. The van der Waals surface area contributed by atoms with Crippen molar-refractivity contribution in [1.29, 1.82) is 0 Å². The highest BCUT2D eigenvalue weighted by atomic mass is 32.1. The van der Waals surface area contributed by atoms with Crippen molar-refractivity contribution < 1.29 is 4.74 Å². The minimum absolute atomic E-state index is 0.138. The van der Waals surface area contributed by atoms with Crippen molar-refractivity contribution >= 4 is 11.3 Å². The monoisotopic (exact) mass is 183 g/mol. The molecule has 66 valence electrons. The van der Waals surface area contributed by atoms with Crippen molar-refractivity contribution in [2.45, 2.75) is 26.2 Å². The van der Waals surface area contributed by atoms with Crippen LogP contribution in [0.25, 0.3) is 0 Å². The van der Waals surface area contributed by atoms with Crippen molar-refractivity contribution in [3.8, 4) is 0 Å². The van der Waals surface area contributed by atoms with Crippen LogP contribution in [0.15, 0.2) is 12.1 Å². The largest absolute Gasteiger partial charge is 0.354 e. The van der Waals surface area contributed by atoms with Gasteiger partial charge in [0, 0.05) is 16.3 Å². The lowest BCUT2D eigenvalue weighted by Crippen LogP contribution is -2.13. The fraction of sp³-hybridized carbons (Fsp3) is 0.556. The van der Waals surface area contributed by atoms with Crippen LogP contribution in [0.5, 0.6) is 0 Å². The zero-order chi connectivity index (χ0) is 8.55. The highest BCUT2D eigenvalue weighted by Crippen LogP contribution is 2.27. The first-order valence-corrected chi connectivity index (χ1v) is 5.02. The summed E-state index contributed by atoms with van der Waals surface area (Å²) < 4.78 is 5.66. The normalized spacial score (nSPS) is 29.5. The van der Waals surface area contributed by atoms with Gasteiger partial charge in [-0.2, -0.15) is 0 Å². The van der Waals surface area contributed by atoms with Crippen LogP contribution in [-0.4, -0.2) is 12.6 Å². The quantitative estimate of drug-likeness (QED) is 0.719. The molecule has 2 heterocycles. The minimum Gasteiger partial charge on any atom is -0.354 e. The summed E-state index contributed by atoms with van der Waals surface area (Å²) in [6.45, 7) is 5.17. The summed E-state index contributed by atoms with van der Waals surface area (Å²) in [5.41, 5.74) is 0. The van der Waals surface area contributed by atoms with E-state index in [0.29, 0.717) is 6.10 Å². The first-order chi connectivity index (χ1) is 5.75. The summed E-state index contributed by atoms with van der Waals surface area (Å²) >= 11 is 1.80. The number of rotatable bonds is 1. The molecule has 12 heavy (non-hydrogen) atoms. The summed E-state index contributed by atoms with van der Waals surface area (Å²) in [5.74, 6) is 0. The van der Waals surface area contributed by atoms with Gasteiger partial charge in [0.05, 0.1) is 6.10 Å². The zero-order valence-corrected chi connectivity index (χ0v) is 8.15. The van der Waals surface area contributed by atoms with E-state index >= 15 is 0 Å². The van der Waals surface area contributed by atoms with Gasteiger partial charge in [0.25, 0.3) is 0 Å². The summed E-state index contributed by atoms with van der Waals surface area (Å²) in [6.07, 6.45) is 0.483. The van der Waals surface area contributed by atoms with Crippen molar-refractivity contribution in [3.05, 3.63) is 21.9 Å². The molecule has 0 amide bonds. The Labute approximate surface area is 76.6 Å². The van der Waals surface area contributed by atoms with Crippen molar-refractivity contribution in [3.63, 3.8) is 0 Å². The Bertz CT molecular complexity index is 271. The summed E-state index contributed by atoms with van der Waals surface area (Å²) in [4.78, 5) is 2.63. The summed E-state index contributed by atoms with van der Waals surface area (Å²) in [5, 5.41) is 3.32. The second-order valence-corrected chi connectivity index (χ2v) is 4.50. The van der Waals surface area contributed by atoms with Crippen LogP contribution in [0.2, 0.25) is 0 Å². The van der Waals surface area contributed by atoms with Gasteiger partial charge in [0.1, 0.15) is 6.23 Å². The molecule has 3 heteroatoms. The molecule has 0 bridgehead atoms. The van der Waals surface area contributed by atoms with E-state index in [1.54, 1.807) is 11.3 Å². The molecule has 2 rings (SSSR count). The molecule has 1 aromatic rings. The average Bonchev–Trinajstić information content (AvgIpc) is 2.58. The molecule has 1 saturated heterocycles. The average molecular weight is 183 g/mol. The van der Waals surface area contributed by atoms with E-state index in [4.69, 9.17) is 4.74 Å². The molecule has 2 unspecified atom stereocenters. The summed E-state index contributed by atoms with van der Waals surface area (Å²) in [6, 6.07) is 4.27. The van der Waals surface area contributed by atoms with Gasteiger partial charge < -0.3 is 4.74 Å². The first-order valence-electron chi connectivity index (χ1n) is 4.21. The SMILES string of the molecule is Cc1ccc(C2NCC(C)O2)s1. The number of hydrogen-bond acceptors (Lipinski definition) is 3. The topological polar surface area (TPSA) is 21.3 Å². The molecular weight excluding hydrogens is 170 g/mol. The standard InChI is InChI=1S/C9H13NOS/c1-6-5-10-9(11-6)8-4-3-7(2)12-8/h3-4,6,9-10H,5H2,1-2H3. The molecule has 2 atom stereocenters. The van der Waals surface area contributed by atoms with Crippen LogP contribution in [0.3, 0.4) is 0 Å². The third kappa shape index (κ3) is 1.53. The third-order valence-corrected chi connectivity index (χ3v) is 3.02. The second kappa shape index (κ2) is 3.17. The number of ether oxygens (including phenoxy) is 1. The van der Waals surface area contributed by atoms with Gasteiger partial charge in [-0.05, 0) is 26.0 Å². The fourth-order valence-electron chi connectivity index (χ4n) is 1.36. The van der Waals surface area contributed by atoms with Crippen molar-refractivity contribution in [2.75, 3.05) is 6.54 Å². The molecular formula is C9H13NOS. The van der Waals surface area contributed by atoms with Crippen LogP contribution in [0.1, 0.15) is 22.9 Å². The molecule has 1 fully saturated rings. The van der Waals surface area contributed by atoms with E-state index in [-0.39, 0.29) is 6.23 Å². The van der Waals surface area contributed by atoms with E-state index in [1.165, 1.54) is 9.75 Å². The predicted molar refractivity (Wildman–Crippen MR) is 50.3 cm³/mol. The lowest BCUT2D eigenvalue weighted by Gasteiger charge is -2.07. The Balaban J connectivity index is 2.11. The van der Waals surface area contributed by atoms with Gasteiger partial charge >= 0.3 is 0 Å². The first kappa shape index (κ1) is 8.23. The maximum absolute atomic E-state index is 5.66. The molecule has 0 saturated carbocycles. The maximum Gasteiger partial charge on any atom is 0.144 e. The van der Waals surface area contributed by atoms with E-state index < -0.39 is 0 Å². The molecule has 1 aliphatic rings. The number of aryl methyl sites for hydroxylation is 1. The highest BCUT2D eigenvalue weighted by Gasteiger charge is 2.23. The molecule has 1 aliphatic heterocycles. The molecule has 0 spiro atoms. The van der Waals surface area contributed by atoms with Gasteiger partial charge in [0.2, 0.25) is 0 Å². The van der Waals surface area contributed by atoms with E-state index in [1.807, 2.05) is 0 Å². The number of nitrogens with one attached hydrogen (secondary N) is 1. The molecule has 1 aromatic heterocycles. The van der Waals surface area contributed by atoms with Crippen LogP contribution in [-0.2, 0) is 4.74 Å². The zero-order valence-electron chi connectivity index (χ0n) is 7.33. The Hall–Kier alpha value is -0.380. The number of thiophene rings is 1.